The number of carbonyl (C=O) groups excluding carboxylic acids is 2. The van der Waals surface area contributed by atoms with Crippen LogP contribution in [0.1, 0.15) is 26.7 Å². The van der Waals surface area contributed by atoms with Gasteiger partial charge in [-0.3, -0.25) is 14.3 Å². The molecule has 0 saturated carbocycles. The van der Waals surface area contributed by atoms with Crippen LogP contribution in [0.25, 0.3) is 0 Å². The fraction of sp³-hybridized carbons (Fsp3) is 0.615. The smallest absolute Gasteiger partial charge is 0.327 e. The minimum absolute atomic E-state index is 0.00988. The molecule has 0 aliphatic rings. The monoisotopic (exact) mass is 282 g/mol. The van der Waals surface area contributed by atoms with Gasteiger partial charge < -0.3 is 15.8 Å². The first kappa shape index (κ1) is 16.2. The van der Waals surface area contributed by atoms with Crippen LogP contribution in [0.4, 0.5) is 5.82 Å². The average molecular weight is 282 g/mol. The van der Waals surface area contributed by atoms with Crippen molar-refractivity contribution in [3.63, 3.8) is 0 Å². The minimum atomic E-state index is -0.577. The molecule has 0 unspecified atom stereocenters. The van der Waals surface area contributed by atoms with Gasteiger partial charge >= 0.3 is 5.97 Å². The van der Waals surface area contributed by atoms with E-state index in [9.17, 15) is 9.59 Å². The highest BCUT2D eigenvalue weighted by atomic mass is 16.5. The quantitative estimate of drug-likeness (QED) is 0.719. The molecule has 1 aromatic heterocycles. The van der Waals surface area contributed by atoms with Gasteiger partial charge in [-0.1, -0.05) is 13.8 Å². The molecule has 112 valence electrons. The number of amides is 1. The first-order chi connectivity index (χ1) is 9.51. The Labute approximate surface area is 118 Å². The number of ether oxygens (including phenoxy) is 1. The molecule has 1 aromatic rings. The lowest BCUT2D eigenvalue weighted by Gasteiger charge is -2.27. The Balaban J connectivity index is 2.73. The minimum Gasteiger partial charge on any atom is -0.468 e. The van der Waals surface area contributed by atoms with Crippen molar-refractivity contribution >= 4 is 17.7 Å². The van der Waals surface area contributed by atoms with E-state index in [-0.39, 0.29) is 19.0 Å². The fourth-order valence-electron chi connectivity index (χ4n) is 1.91. The molecular weight excluding hydrogens is 260 g/mol. The molecule has 0 saturated heterocycles. The first-order valence-electron chi connectivity index (χ1n) is 6.63. The Morgan fingerprint density at radius 2 is 2.10 bits per heavy atom. The summed E-state index contributed by atoms with van der Waals surface area (Å²) >= 11 is 0. The summed E-state index contributed by atoms with van der Waals surface area (Å²) in [5.74, 6) is -0.142. The summed E-state index contributed by atoms with van der Waals surface area (Å²) in [6.07, 6.45) is 2.93. The Hall–Kier alpha value is -1.89. The van der Waals surface area contributed by atoms with Gasteiger partial charge in [0.15, 0.2) is 5.82 Å². The number of carbonyl (C=O) groups is 2. The molecular formula is C13H22N4O3. The molecule has 0 aliphatic heterocycles. The summed E-state index contributed by atoms with van der Waals surface area (Å²) in [6, 6.07) is 1.63. The second-order valence-corrected chi connectivity index (χ2v) is 4.62. The van der Waals surface area contributed by atoms with Crippen LogP contribution in [-0.4, -0.2) is 35.3 Å². The summed E-state index contributed by atoms with van der Waals surface area (Å²) in [4.78, 5) is 23.4. The van der Waals surface area contributed by atoms with E-state index in [0.717, 1.165) is 0 Å². The largest absolute Gasteiger partial charge is 0.468 e. The molecule has 0 aliphatic carbocycles. The normalized spacial score (nSPS) is 11.2. The first-order valence-corrected chi connectivity index (χ1v) is 6.63. The van der Waals surface area contributed by atoms with Crippen molar-refractivity contribution < 1.29 is 14.3 Å². The third-order valence-corrected chi connectivity index (χ3v) is 3.63. The zero-order chi connectivity index (χ0) is 15.2. The van der Waals surface area contributed by atoms with Crippen molar-refractivity contribution in [2.75, 3.05) is 19.0 Å². The molecule has 0 spiro atoms. The topological polar surface area (TPSA) is 99.2 Å². The molecule has 0 atom stereocenters. The van der Waals surface area contributed by atoms with Crippen molar-refractivity contribution in [1.82, 2.24) is 9.78 Å². The number of nitrogens with zero attached hydrogens (tertiary/aromatic N) is 2. The van der Waals surface area contributed by atoms with Crippen molar-refractivity contribution in [3.8, 4) is 0 Å². The van der Waals surface area contributed by atoms with Gasteiger partial charge in [0, 0.05) is 18.8 Å². The lowest BCUT2D eigenvalue weighted by molar-refractivity contribution is -0.141. The van der Waals surface area contributed by atoms with E-state index in [4.69, 9.17) is 5.73 Å². The molecule has 0 aromatic carbocycles. The molecule has 20 heavy (non-hydrogen) atoms. The Bertz CT molecular complexity index is 458. The predicted molar refractivity (Wildman–Crippen MR) is 74.9 cm³/mol. The molecule has 7 nitrogen and oxygen atoms in total. The number of aromatic nitrogens is 2. The van der Waals surface area contributed by atoms with E-state index in [1.807, 2.05) is 13.8 Å². The molecule has 0 fully saturated rings. The molecule has 1 heterocycles. The highest BCUT2D eigenvalue weighted by molar-refractivity contribution is 5.94. The predicted octanol–water partition coefficient (Wildman–Crippen LogP) is 0.760. The van der Waals surface area contributed by atoms with Crippen LogP contribution >= 0.6 is 0 Å². The highest BCUT2D eigenvalue weighted by Gasteiger charge is 2.33. The second kappa shape index (κ2) is 7.04. The van der Waals surface area contributed by atoms with Crippen LogP contribution in [0.15, 0.2) is 12.3 Å². The highest BCUT2D eigenvalue weighted by Crippen LogP contribution is 2.26. The van der Waals surface area contributed by atoms with Crippen molar-refractivity contribution in [3.05, 3.63) is 12.3 Å². The van der Waals surface area contributed by atoms with E-state index in [0.29, 0.717) is 18.7 Å². The van der Waals surface area contributed by atoms with Crippen LogP contribution in [0.2, 0.25) is 0 Å². The number of esters is 1. The fourth-order valence-corrected chi connectivity index (χ4v) is 1.91. The molecule has 7 heteroatoms. The number of anilines is 1. The zero-order valence-electron chi connectivity index (χ0n) is 12.2. The van der Waals surface area contributed by atoms with Gasteiger partial charge in [-0.2, -0.15) is 5.10 Å². The SMILES string of the molecule is CCC(CC)(CN)C(=O)Nc1ccn(CC(=O)OC)n1. The molecule has 1 amide bonds. The van der Waals surface area contributed by atoms with E-state index >= 15 is 0 Å². The zero-order valence-corrected chi connectivity index (χ0v) is 12.2. The summed E-state index contributed by atoms with van der Waals surface area (Å²) in [7, 11) is 1.31. The third-order valence-electron chi connectivity index (χ3n) is 3.63. The maximum atomic E-state index is 12.3. The summed E-state index contributed by atoms with van der Waals surface area (Å²) in [5.41, 5.74) is 5.15. The van der Waals surface area contributed by atoms with Gasteiger partial charge in [0.25, 0.3) is 0 Å². The van der Waals surface area contributed by atoms with E-state index in [1.54, 1.807) is 12.3 Å². The van der Waals surface area contributed by atoms with Gasteiger partial charge in [0.2, 0.25) is 5.91 Å². The van der Waals surface area contributed by atoms with Gasteiger partial charge in [-0.15, -0.1) is 0 Å². The average Bonchev–Trinajstić information content (AvgIpc) is 2.88. The maximum absolute atomic E-state index is 12.3. The maximum Gasteiger partial charge on any atom is 0.327 e. The molecule has 1 rings (SSSR count). The number of nitrogens with one attached hydrogen (secondary N) is 1. The Morgan fingerprint density at radius 1 is 1.45 bits per heavy atom. The van der Waals surface area contributed by atoms with Gasteiger partial charge in [-0.05, 0) is 12.8 Å². The van der Waals surface area contributed by atoms with Gasteiger partial charge in [0.1, 0.15) is 6.54 Å². The lowest BCUT2D eigenvalue weighted by atomic mass is 9.81. The standard InChI is InChI=1S/C13H22N4O3/c1-4-13(5-2,9-14)12(19)15-10-6-7-17(16-10)8-11(18)20-3/h6-7H,4-5,8-9,14H2,1-3H3,(H,15,16,19). The Morgan fingerprint density at radius 3 is 2.60 bits per heavy atom. The van der Waals surface area contributed by atoms with Crippen LogP contribution in [0.3, 0.4) is 0 Å². The van der Waals surface area contributed by atoms with Gasteiger partial charge in [-0.25, -0.2) is 0 Å². The number of hydrogen-bond acceptors (Lipinski definition) is 5. The van der Waals surface area contributed by atoms with Crippen molar-refractivity contribution in [1.29, 1.82) is 0 Å². The summed E-state index contributed by atoms with van der Waals surface area (Å²) in [6.45, 7) is 4.17. The van der Waals surface area contributed by atoms with Crippen LogP contribution in [0, 0.1) is 5.41 Å². The van der Waals surface area contributed by atoms with Crippen LogP contribution in [0.5, 0.6) is 0 Å². The number of rotatable bonds is 7. The van der Waals surface area contributed by atoms with Crippen molar-refractivity contribution in [2.24, 2.45) is 11.1 Å². The van der Waals surface area contributed by atoms with Crippen LogP contribution < -0.4 is 11.1 Å². The van der Waals surface area contributed by atoms with Crippen molar-refractivity contribution in [2.45, 2.75) is 33.2 Å². The van der Waals surface area contributed by atoms with E-state index in [1.165, 1.54) is 11.8 Å². The molecule has 0 radical (unpaired) electrons. The van der Waals surface area contributed by atoms with Crippen LogP contribution in [-0.2, 0) is 20.9 Å². The molecule has 3 N–H and O–H groups in total. The Kier molecular flexibility index (Phi) is 5.69. The number of nitrogens with two attached hydrogens (primary N) is 1. The van der Waals surface area contributed by atoms with E-state index < -0.39 is 11.4 Å². The lowest BCUT2D eigenvalue weighted by Crippen LogP contribution is -2.41. The van der Waals surface area contributed by atoms with Gasteiger partial charge in [0.05, 0.1) is 12.5 Å². The van der Waals surface area contributed by atoms with E-state index in [2.05, 4.69) is 15.2 Å². The summed E-state index contributed by atoms with van der Waals surface area (Å²) in [5, 5.41) is 6.84. The third kappa shape index (κ3) is 3.57. The summed E-state index contributed by atoms with van der Waals surface area (Å²) < 4.78 is 5.95. The number of hydrogen-bond donors (Lipinski definition) is 2. The second-order valence-electron chi connectivity index (χ2n) is 4.62. The number of methoxy groups -OCH3 is 1. The molecule has 0 bridgehead atoms.